The van der Waals surface area contributed by atoms with E-state index in [1.165, 1.54) is 18.2 Å². The molecule has 1 aromatic rings. The molecule has 1 aliphatic carbocycles. The number of aryl methyl sites for hydroxylation is 1. The van der Waals surface area contributed by atoms with E-state index in [9.17, 15) is 14.4 Å². The predicted molar refractivity (Wildman–Crippen MR) is 104 cm³/mol. The van der Waals surface area contributed by atoms with Crippen molar-refractivity contribution in [3.63, 3.8) is 0 Å². The lowest BCUT2D eigenvalue weighted by Gasteiger charge is -2.28. The Morgan fingerprint density at radius 1 is 1.19 bits per heavy atom. The van der Waals surface area contributed by atoms with Crippen LogP contribution in [0.3, 0.4) is 0 Å². The minimum Gasteiger partial charge on any atom is -0.352 e. The summed E-state index contributed by atoms with van der Waals surface area (Å²) >= 11 is 1.21. The minimum absolute atomic E-state index is 0.00947. The Bertz CT molecular complexity index is 685. The Labute approximate surface area is 158 Å². The summed E-state index contributed by atoms with van der Waals surface area (Å²) in [7, 11) is 0. The SMILES string of the molecule is Cc1ccccc1N(CC(=O)NC1CCCCC1)C(=O)[C@H]1CSC(=O)C1. The molecule has 140 valence electrons. The van der Waals surface area contributed by atoms with E-state index in [2.05, 4.69) is 5.32 Å². The molecule has 0 radical (unpaired) electrons. The second-order valence-electron chi connectivity index (χ2n) is 7.20. The van der Waals surface area contributed by atoms with Crippen molar-refractivity contribution in [3.8, 4) is 0 Å². The Morgan fingerprint density at radius 3 is 2.58 bits per heavy atom. The highest BCUT2D eigenvalue weighted by molar-refractivity contribution is 8.14. The van der Waals surface area contributed by atoms with Crippen LogP contribution in [0.2, 0.25) is 0 Å². The van der Waals surface area contributed by atoms with Gasteiger partial charge in [0.2, 0.25) is 11.8 Å². The molecule has 26 heavy (non-hydrogen) atoms. The summed E-state index contributed by atoms with van der Waals surface area (Å²) < 4.78 is 0. The van der Waals surface area contributed by atoms with Gasteiger partial charge in [0, 0.05) is 23.9 Å². The molecule has 0 bridgehead atoms. The summed E-state index contributed by atoms with van der Waals surface area (Å²) in [4.78, 5) is 38.8. The monoisotopic (exact) mass is 374 g/mol. The van der Waals surface area contributed by atoms with Crippen molar-refractivity contribution >= 4 is 34.4 Å². The Balaban J connectivity index is 1.74. The molecule has 1 saturated heterocycles. The number of hydrogen-bond donors (Lipinski definition) is 1. The Morgan fingerprint density at radius 2 is 1.92 bits per heavy atom. The molecule has 1 atom stereocenters. The van der Waals surface area contributed by atoms with Crippen LogP contribution < -0.4 is 10.2 Å². The second-order valence-corrected chi connectivity index (χ2v) is 8.27. The Hall–Kier alpha value is -1.82. The maximum atomic E-state index is 13.1. The molecule has 1 aromatic carbocycles. The van der Waals surface area contributed by atoms with Crippen LogP contribution in [0.5, 0.6) is 0 Å². The average molecular weight is 375 g/mol. The van der Waals surface area contributed by atoms with E-state index in [0.29, 0.717) is 5.75 Å². The number of anilines is 1. The van der Waals surface area contributed by atoms with Gasteiger partial charge in [-0.15, -0.1) is 0 Å². The van der Waals surface area contributed by atoms with Crippen molar-refractivity contribution in [2.75, 3.05) is 17.2 Å². The lowest BCUT2D eigenvalue weighted by atomic mass is 9.95. The van der Waals surface area contributed by atoms with Gasteiger partial charge in [-0.25, -0.2) is 0 Å². The summed E-state index contributed by atoms with van der Waals surface area (Å²) in [5, 5.41) is 3.14. The summed E-state index contributed by atoms with van der Waals surface area (Å²) in [6.45, 7) is 1.94. The largest absolute Gasteiger partial charge is 0.352 e. The van der Waals surface area contributed by atoms with Crippen LogP contribution in [0.15, 0.2) is 24.3 Å². The van der Waals surface area contributed by atoms with Gasteiger partial charge in [0.1, 0.15) is 6.54 Å². The second kappa shape index (κ2) is 8.71. The first-order valence-electron chi connectivity index (χ1n) is 9.36. The number of benzene rings is 1. The minimum atomic E-state index is -0.338. The van der Waals surface area contributed by atoms with Gasteiger partial charge in [0.15, 0.2) is 5.12 Å². The number of hydrogen-bond acceptors (Lipinski definition) is 4. The van der Waals surface area contributed by atoms with E-state index in [1.807, 2.05) is 31.2 Å². The van der Waals surface area contributed by atoms with Crippen LogP contribution in [0.1, 0.15) is 44.1 Å². The first-order chi connectivity index (χ1) is 12.5. The first kappa shape index (κ1) is 19.0. The lowest BCUT2D eigenvalue weighted by molar-refractivity contribution is -0.126. The van der Waals surface area contributed by atoms with Gasteiger partial charge in [-0.2, -0.15) is 0 Å². The molecule has 3 rings (SSSR count). The number of nitrogens with one attached hydrogen (secondary N) is 1. The number of carbonyl (C=O) groups excluding carboxylic acids is 3. The molecular weight excluding hydrogens is 348 g/mol. The van der Waals surface area contributed by atoms with Gasteiger partial charge in [-0.3, -0.25) is 14.4 Å². The van der Waals surface area contributed by atoms with Gasteiger partial charge in [-0.1, -0.05) is 49.2 Å². The normalized spacial score (nSPS) is 20.8. The van der Waals surface area contributed by atoms with Crippen LogP contribution in [0, 0.1) is 12.8 Å². The molecule has 1 saturated carbocycles. The standard InChI is InChI=1S/C20H26N2O3S/c1-14-7-5-6-10-17(14)22(20(25)15-11-19(24)26-13-15)12-18(23)21-16-8-3-2-4-9-16/h5-7,10,15-16H,2-4,8-9,11-13H2,1H3,(H,21,23)/t15-/m1/s1. The fourth-order valence-corrected chi connectivity index (χ4v) is 4.67. The number of carbonyl (C=O) groups is 3. The van der Waals surface area contributed by atoms with E-state index in [4.69, 9.17) is 0 Å². The number of para-hydroxylation sites is 1. The molecular formula is C20H26N2O3S. The van der Waals surface area contributed by atoms with Crippen LogP contribution in [0.4, 0.5) is 5.69 Å². The molecule has 1 N–H and O–H groups in total. The smallest absolute Gasteiger partial charge is 0.240 e. The van der Waals surface area contributed by atoms with Crippen LogP contribution in [-0.2, 0) is 14.4 Å². The first-order valence-corrected chi connectivity index (χ1v) is 10.3. The highest BCUT2D eigenvalue weighted by Crippen LogP contribution is 2.30. The van der Waals surface area contributed by atoms with Crippen LogP contribution in [-0.4, -0.2) is 35.3 Å². The number of thioether (sulfide) groups is 1. The molecule has 6 heteroatoms. The van der Waals surface area contributed by atoms with Crippen molar-refractivity contribution in [3.05, 3.63) is 29.8 Å². The summed E-state index contributed by atoms with van der Waals surface area (Å²) in [5.74, 6) is -0.0823. The third kappa shape index (κ3) is 4.67. The van der Waals surface area contributed by atoms with Gasteiger partial charge in [0.25, 0.3) is 0 Å². The van der Waals surface area contributed by atoms with Gasteiger partial charge >= 0.3 is 0 Å². The van der Waals surface area contributed by atoms with Crippen molar-refractivity contribution in [1.29, 1.82) is 0 Å². The number of nitrogens with zero attached hydrogens (tertiary/aromatic N) is 1. The number of amides is 2. The van der Waals surface area contributed by atoms with Gasteiger partial charge in [-0.05, 0) is 31.4 Å². The fraction of sp³-hybridized carbons (Fsp3) is 0.550. The van der Waals surface area contributed by atoms with Crippen molar-refractivity contribution < 1.29 is 14.4 Å². The third-order valence-corrected chi connectivity index (χ3v) is 6.21. The van der Waals surface area contributed by atoms with Crippen molar-refractivity contribution in [2.45, 2.75) is 51.5 Å². The molecule has 2 amide bonds. The summed E-state index contributed by atoms with van der Waals surface area (Å²) in [6, 6.07) is 7.80. The van der Waals surface area contributed by atoms with E-state index >= 15 is 0 Å². The fourth-order valence-electron chi connectivity index (χ4n) is 3.70. The maximum absolute atomic E-state index is 13.1. The molecule has 2 aliphatic rings. The predicted octanol–water partition coefficient (Wildman–Crippen LogP) is 3.06. The van der Waals surface area contributed by atoms with Crippen LogP contribution >= 0.6 is 11.8 Å². The maximum Gasteiger partial charge on any atom is 0.240 e. The molecule has 1 aliphatic heterocycles. The highest BCUT2D eigenvalue weighted by Gasteiger charge is 2.34. The van der Waals surface area contributed by atoms with Gasteiger partial charge in [0.05, 0.1) is 5.92 Å². The molecule has 5 nitrogen and oxygen atoms in total. The summed E-state index contributed by atoms with van der Waals surface area (Å²) in [5.41, 5.74) is 1.70. The average Bonchev–Trinajstić information content (AvgIpc) is 3.07. The van der Waals surface area contributed by atoms with E-state index in [0.717, 1.165) is 36.9 Å². The topological polar surface area (TPSA) is 66.5 Å². The quantitative estimate of drug-likeness (QED) is 0.860. The Kier molecular flexibility index (Phi) is 6.35. The molecule has 0 aromatic heterocycles. The molecule has 1 heterocycles. The molecule has 0 unspecified atom stereocenters. The molecule has 0 spiro atoms. The van der Waals surface area contributed by atoms with Crippen molar-refractivity contribution in [1.82, 2.24) is 5.32 Å². The van der Waals surface area contributed by atoms with E-state index < -0.39 is 0 Å². The zero-order valence-corrected chi connectivity index (χ0v) is 16.0. The zero-order valence-electron chi connectivity index (χ0n) is 15.2. The summed E-state index contributed by atoms with van der Waals surface area (Å²) in [6.07, 6.45) is 5.80. The zero-order chi connectivity index (χ0) is 18.5. The third-order valence-electron chi connectivity index (χ3n) is 5.15. The molecule has 2 fully saturated rings. The highest BCUT2D eigenvalue weighted by atomic mass is 32.2. The van der Waals surface area contributed by atoms with E-state index in [1.54, 1.807) is 4.90 Å². The number of rotatable bonds is 5. The van der Waals surface area contributed by atoms with Crippen LogP contribution in [0.25, 0.3) is 0 Å². The van der Waals surface area contributed by atoms with E-state index in [-0.39, 0.29) is 41.9 Å². The lowest BCUT2D eigenvalue weighted by Crippen LogP contribution is -2.46. The van der Waals surface area contributed by atoms with Gasteiger partial charge < -0.3 is 10.2 Å². The van der Waals surface area contributed by atoms with Crippen molar-refractivity contribution in [2.24, 2.45) is 5.92 Å².